The van der Waals surface area contributed by atoms with E-state index in [0.29, 0.717) is 5.56 Å². The van der Waals surface area contributed by atoms with Gasteiger partial charge < -0.3 is 5.32 Å². The van der Waals surface area contributed by atoms with Gasteiger partial charge in [-0.05, 0) is 57.2 Å². The fraction of sp³-hybridized carbons (Fsp3) is 0.429. The van der Waals surface area contributed by atoms with E-state index < -0.39 is 0 Å². The number of carbonyl (C=O) groups excluding carboxylic acids is 2. The molecule has 0 atom stereocenters. The van der Waals surface area contributed by atoms with Gasteiger partial charge in [0, 0.05) is 11.9 Å². The van der Waals surface area contributed by atoms with Crippen LogP contribution in [0.2, 0.25) is 0 Å². The maximum Gasteiger partial charge on any atom is 0.256 e. The van der Waals surface area contributed by atoms with Crippen LogP contribution in [-0.4, -0.2) is 11.7 Å². The van der Waals surface area contributed by atoms with Crippen LogP contribution in [0.15, 0.2) is 24.3 Å². The van der Waals surface area contributed by atoms with Gasteiger partial charge in [0.05, 0.1) is 5.56 Å². The van der Waals surface area contributed by atoms with E-state index in [1.807, 2.05) is 45.0 Å². The van der Waals surface area contributed by atoms with E-state index >= 15 is 0 Å². The third-order valence-electron chi connectivity index (χ3n) is 4.31. The Labute approximate surface area is 156 Å². The summed E-state index contributed by atoms with van der Waals surface area (Å²) < 4.78 is 0. The van der Waals surface area contributed by atoms with Gasteiger partial charge in [-0.2, -0.15) is 0 Å². The summed E-state index contributed by atoms with van der Waals surface area (Å²) in [6.45, 7) is 7.58. The van der Waals surface area contributed by atoms with Crippen molar-refractivity contribution in [1.82, 2.24) is 0 Å². The molecule has 3 nitrogen and oxygen atoms in total. The molecule has 0 saturated carbocycles. The molecule has 25 heavy (non-hydrogen) atoms. The second-order valence-corrected chi connectivity index (χ2v) is 7.25. The molecule has 1 aromatic carbocycles. The number of thiophene rings is 1. The number of anilines is 1. The summed E-state index contributed by atoms with van der Waals surface area (Å²) in [4.78, 5) is 25.9. The van der Waals surface area contributed by atoms with Crippen molar-refractivity contribution in [2.45, 2.75) is 59.8 Å². The summed E-state index contributed by atoms with van der Waals surface area (Å²) >= 11 is 1.58. The van der Waals surface area contributed by atoms with E-state index in [9.17, 15) is 9.59 Å². The summed E-state index contributed by atoms with van der Waals surface area (Å²) in [7, 11) is 0. The molecule has 1 heterocycles. The van der Waals surface area contributed by atoms with Crippen LogP contribution in [0, 0.1) is 6.92 Å². The van der Waals surface area contributed by atoms with Crippen molar-refractivity contribution in [3.63, 3.8) is 0 Å². The molecule has 0 bridgehead atoms. The number of rotatable bonds is 3. The molecule has 0 radical (unpaired) electrons. The predicted molar refractivity (Wildman–Crippen MR) is 108 cm³/mol. The minimum absolute atomic E-state index is 0. The van der Waals surface area contributed by atoms with Crippen molar-refractivity contribution >= 4 is 28.0 Å². The Kier molecular flexibility index (Phi) is 6.94. The number of benzene rings is 1. The number of fused-ring (bicyclic) bond motifs is 1. The van der Waals surface area contributed by atoms with Crippen LogP contribution in [0.1, 0.15) is 78.2 Å². The highest BCUT2D eigenvalue weighted by Gasteiger charge is 2.23. The normalized spacial score (nSPS) is 13.1. The van der Waals surface area contributed by atoms with Gasteiger partial charge in [-0.3, -0.25) is 9.59 Å². The highest BCUT2D eigenvalue weighted by Crippen LogP contribution is 2.38. The topological polar surface area (TPSA) is 46.2 Å². The molecule has 2 aromatic rings. The van der Waals surface area contributed by atoms with Gasteiger partial charge in [-0.1, -0.05) is 38.0 Å². The van der Waals surface area contributed by atoms with E-state index in [-0.39, 0.29) is 13.1 Å². The van der Waals surface area contributed by atoms with Crippen molar-refractivity contribution in [2.24, 2.45) is 0 Å². The van der Waals surface area contributed by atoms with Crippen LogP contribution in [0.3, 0.4) is 0 Å². The number of carbonyl (C=O) groups is 2. The third-order valence-corrected chi connectivity index (χ3v) is 5.52. The Morgan fingerprint density at radius 1 is 1.04 bits per heavy atom. The number of aryl methyl sites for hydroxylation is 2. The summed E-state index contributed by atoms with van der Waals surface area (Å²) in [5.74, 6) is -0.104. The van der Waals surface area contributed by atoms with Crippen LogP contribution < -0.4 is 5.32 Å². The number of nitrogens with one attached hydrogen (secondary N) is 1. The number of Topliss-reactive ketones (excluding diaryl/α,β-unsaturated/α-hetero) is 1. The van der Waals surface area contributed by atoms with Crippen molar-refractivity contribution < 1.29 is 11.0 Å². The van der Waals surface area contributed by atoms with Crippen LogP contribution in [0.25, 0.3) is 0 Å². The second kappa shape index (κ2) is 8.95. The van der Waals surface area contributed by atoms with Crippen molar-refractivity contribution in [3.05, 3.63) is 51.4 Å². The first kappa shape index (κ1) is 19.4. The minimum Gasteiger partial charge on any atom is -0.313 e. The van der Waals surface area contributed by atoms with Crippen molar-refractivity contribution in [2.75, 3.05) is 5.32 Å². The van der Waals surface area contributed by atoms with Crippen LogP contribution in [-0.2, 0) is 12.8 Å². The number of amides is 1. The molecule has 136 valence electrons. The lowest BCUT2D eigenvalue weighted by molar-refractivity contribution is 0.101. The van der Waals surface area contributed by atoms with Gasteiger partial charge in [-0.15, -0.1) is 11.3 Å². The maximum absolute atomic E-state index is 12.5. The van der Waals surface area contributed by atoms with Gasteiger partial charge >= 0.3 is 0 Å². The SMILES string of the molecule is CC.CC(=O)c1c(NC(=O)c2ccc(C)cc2)sc2c1CCCCC2.[HH]. The fourth-order valence-corrected chi connectivity index (χ4v) is 4.42. The van der Waals surface area contributed by atoms with Crippen LogP contribution in [0.4, 0.5) is 5.00 Å². The molecule has 1 aromatic heterocycles. The van der Waals surface area contributed by atoms with E-state index in [1.165, 1.54) is 16.9 Å². The number of hydrogen-bond donors (Lipinski definition) is 1. The molecule has 1 N–H and O–H groups in total. The van der Waals surface area contributed by atoms with E-state index in [0.717, 1.165) is 41.8 Å². The zero-order chi connectivity index (χ0) is 18.4. The van der Waals surface area contributed by atoms with Gasteiger partial charge in [0.15, 0.2) is 5.78 Å². The Morgan fingerprint density at radius 3 is 2.32 bits per heavy atom. The molecule has 1 aliphatic rings. The average molecular weight is 360 g/mol. The van der Waals surface area contributed by atoms with Gasteiger partial charge in [-0.25, -0.2) is 0 Å². The molecule has 3 rings (SSSR count). The fourth-order valence-electron chi connectivity index (χ4n) is 3.08. The molecule has 1 aliphatic carbocycles. The summed E-state index contributed by atoms with van der Waals surface area (Å²) in [6.07, 6.45) is 5.46. The zero-order valence-corrected chi connectivity index (χ0v) is 16.4. The number of hydrogen-bond acceptors (Lipinski definition) is 3. The van der Waals surface area contributed by atoms with Crippen LogP contribution in [0.5, 0.6) is 0 Å². The summed E-state index contributed by atoms with van der Waals surface area (Å²) in [5.41, 5.74) is 3.63. The maximum atomic E-state index is 12.5. The second-order valence-electron chi connectivity index (χ2n) is 6.14. The third kappa shape index (κ3) is 4.57. The molecule has 0 saturated heterocycles. The van der Waals surface area contributed by atoms with Crippen molar-refractivity contribution in [3.8, 4) is 0 Å². The molecule has 0 fully saturated rings. The molecular formula is C21H29NO2S. The Hall–Kier alpha value is -1.94. The molecule has 0 spiro atoms. The standard InChI is InChI=1S/C19H21NO2S.C2H6.H2/c1-12-8-10-14(11-9-12)18(22)20-19-17(13(2)21)15-6-4-3-5-7-16(15)23-19;1-2;/h8-11H,3-7H2,1-2H3,(H,20,22);1-2H3;1H. The van der Waals surface area contributed by atoms with E-state index in [4.69, 9.17) is 0 Å². The molecule has 0 aliphatic heterocycles. The smallest absolute Gasteiger partial charge is 0.256 e. The van der Waals surface area contributed by atoms with Crippen molar-refractivity contribution in [1.29, 1.82) is 0 Å². The molecule has 4 heteroatoms. The highest BCUT2D eigenvalue weighted by atomic mass is 32.1. The van der Waals surface area contributed by atoms with E-state index in [1.54, 1.807) is 18.3 Å². The quantitative estimate of drug-likeness (QED) is 0.535. The zero-order valence-electron chi connectivity index (χ0n) is 15.6. The minimum atomic E-state index is -0.149. The molecule has 1 amide bonds. The monoisotopic (exact) mass is 359 g/mol. The first-order valence-corrected chi connectivity index (χ1v) is 9.91. The first-order valence-electron chi connectivity index (χ1n) is 9.09. The Morgan fingerprint density at radius 2 is 1.68 bits per heavy atom. The number of ketones is 1. The summed E-state index contributed by atoms with van der Waals surface area (Å²) in [5, 5.41) is 3.68. The molecular weight excluding hydrogens is 330 g/mol. The highest BCUT2D eigenvalue weighted by molar-refractivity contribution is 7.17. The lowest BCUT2D eigenvalue weighted by Crippen LogP contribution is -2.13. The first-order chi connectivity index (χ1) is 12.1. The molecule has 0 unspecified atom stereocenters. The Balaban J connectivity index is 0.00000109. The largest absolute Gasteiger partial charge is 0.313 e. The van der Waals surface area contributed by atoms with E-state index in [2.05, 4.69) is 5.32 Å². The van der Waals surface area contributed by atoms with Gasteiger partial charge in [0.25, 0.3) is 5.91 Å². The van der Waals surface area contributed by atoms with Gasteiger partial charge in [0.1, 0.15) is 5.00 Å². The average Bonchev–Trinajstić information content (AvgIpc) is 2.78. The lowest BCUT2D eigenvalue weighted by atomic mass is 10.0. The van der Waals surface area contributed by atoms with Gasteiger partial charge in [0.2, 0.25) is 0 Å². The Bertz CT molecular complexity index is 750. The van der Waals surface area contributed by atoms with Crippen LogP contribution >= 0.6 is 11.3 Å². The summed E-state index contributed by atoms with van der Waals surface area (Å²) in [6, 6.07) is 7.47. The lowest BCUT2D eigenvalue weighted by Gasteiger charge is -2.07. The predicted octanol–water partition coefficient (Wildman–Crippen LogP) is 6.05.